The van der Waals surface area contributed by atoms with Crippen LogP contribution in [-0.4, -0.2) is 44.8 Å². The molecule has 1 heterocycles. The summed E-state index contributed by atoms with van der Waals surface area (Å²) in [7, 11) is 3.99. The molecule has 0 aromatic heterocycles. The molecule has 1 atom stereocenters. The molecular formula is C17H25N3. The van der Waals surface area contributed by atoms with Crippen LogP contribution in [0.25, 0.3) is 0 Å². The number of rotatable bonds is 5. The molecule has 0 bridgehead atoms. The van der Waals surface area contributed by atoms with E-state index in [-0.39, 0.29) is 0 Å². The molecule has 3 nitrogen and oxygen atoms in total. The monoisotopic (exact) mass is 271 g/mol. The van der Waals surface area contributed by atoms with Gasteiger partial charge in [-0.05, 0) is 37.1 Å². The number of hydrogen-bond donors (Lipinski definition) is 1. The van der Waals surface area contributed by atoms with Crippen molar-refractivity contribution in [3.8, 4) is 0 Å². The molecule has 1 N–H and O–H groups in total. The quantitative estimate of drug-likeness (QED) is 0.833. The second-order valence-electron chi connectivity index (χ2n) is 5.34. The largest absolute Gasteiger partial charge is 0.308 e. The Morgan fingerprint density at radius 3 is 3.05 bits per heavy atom. The van der Waals surface area contributed by atoms with Crippen LogP contribution in [0.3, 0.4) is 0 Å². The summed E-state index contributed by atoms with van der Waals surface area (Å²) >= 11 is 0. The maximum Gasteiger partial charge on any atom is 0.0452 e. The number of hydrogen-bond acceptors (Lipinski definition) is 3. The summed E-state index contributed by atoms with van der Waals surface area (Å²) in [6.45, 7) is 3.30. The minimum Gasteiger partial charge on any atom is -0.308 e. The van der Waals surface area contributed by atoms with Crippen molar-refractivity contribution in [2.75, 3.05) is 33.7 Å². The summed E-state index contributed by atoms with van der Waals surface area (Å²) in [5.41, 5.74) is 2.91. The van der Waals surface area contributed by atoms with Crippen LogP contribution in [-0.2, 0) is 6.42 Å². The SMILES string of the molecule is C/N=C\C=C/CCc1ccccc1C1CN(C)CCN1. The molecule has 2 rings (SSSR count). The third-order valence-electron chi connectivity index (χ3n) is 3.76. The molecule has 1 aliphatic heterocycles. The van der Waals surface area contributed by atoms with Gasteiger partial charge in [-0.25, -0.2) is 0 Å². The van der Waals surface area contributed by atoms with Gasteiger partial charge in [-0.1, -0.05) is 30.3 Å². The van der Waals surface area contributed by atoms with Crippen molar-refractivity contribution in [2.24, 2.45) is 4.99 Å². The van der Waals surface area contributed by atoms with Crippen molar-refractivity contribution < 1.29 is 0 Å². The van der Waals surface area contributed by atoms with Gasteiger partial charge in [-0.15, -0.1) is 0 Å². The molecule has 20 heavy (non-hydrogen) atoms. The summed E-state index contributed by atoms with van der Waals surface area (Å²) in [5, 5.41) is 3.64. The average molecular weight is 271 g/mol. The highest BCUT2D eigenvalue weighted by molar-refractivity contribution is 5.70. The van der Waals surface area contributed by atoms with Crippen molar-refractivity contribution in [3.05, 3.63) is 47.5 Å². The Kier molecular flexibility index (Phi) is 5.96. The van der Waals surface area contributed by atoms with E-state index < -0.39 is 0 Å². The van der Waals surface area contributed by atoms with Crippen LogP contribution < -0.4 is 5.32 Å². The van der Waals surface area contributed by atoms with E-state index in [0.717, 1.165) is 32.5 Å². The second-order valence-corrected chi connectivity index (χ2v) is 5.34. The lowest BCUT2D eigenvalue weighted by Crippen LogP contribution is -2.44. The number of allylic oxidation sites excluding steroid dienone is 2. The number of benzene rings is 1. The van der Waals surface area contributed by atoms with Crippen LogP contribution in [0.4, 0.5) is 0 Å². The van der Waals surface area contributed by atoms with Gasteiger partial charge in [0.1, 0.15) is 0 Å². The van der Waals surface area contributed by atoms with Gasteiger partial charge in [0.15, 0.2) is 0 Å². The van der Waals surface area contributed by atoms with Gasteiger partial charge < -0.3 is 10.2 Å². The Hall–Kier alpha value is -1.45. The zero-order valence-corrected chi connectivity index (χ0v) is 12.5. The fourth-order valence-corrected chi connectivity index (χ4v) is 2.69. The predicted molar refractivity (Wildman–Crippen MR) is 86.6 cm³/mol. The molecule has 1 fully saturated rings. The van der Waals surface area contributed by atoms with Crippen LogP contribution in [0.5, 0.6) is 0 Å². The smallest absolute Gasteiger partial charge is 0.0452 e. The Morgan fingerprint density at radius 2 is 2.25 bits per heavy atom. The third kappa shape index (κ3) is 4.29. The first-order valence-electron chi connectivity index (χ1n) is 7.38. The number of nitrogens with one attached hydrogen (secondary N) is 1. The van der Waals surface area contributed by atoms with Gasteiger partial charge >= 0.3 is 0 Å². The maximum atomic E-state index is 3.95. The Morgan fingerprint density at radius 1 is 1.40 bits per heavy atom. The summed E-state index contributed by atoms with van der Waals surface area (Å²) < 4.78 is 0. The molecule has 0 amide bonds. The van der Waals surface area contributed by atoms with E-state index in [2.05, 4.69) is 52.6 Å². The van der Waals surface area contributed by atoms with E-state index in [1.165, 1.54) is 11.1 Å². The van der Waals surface area contributed by atoms with Crippen molar-refractivity contribution in [1.82, 2.24) is 10.2 Å². The zero-order chi connectivity index (χ0) is 14.2. The van der Waals surface area contributed by atoms with Gasteiger partial charge in [0, 0.05) is 38.9 Å². The first-order valence-corrected chi connectivity index (χ1v) is 7.38. The summed E-state index contributed by atoms with van der Waals surface area (Å²) in [5.74, 6) is 0. The lowest BCUT2D eigenvalue weighted by molar-refractivity contribution is 0.240. The molecule has 108 valence electrons. The highest BCUT2D eigenvalue weighted by Gasteiger charge is 2.19. The summed E-state index contributed by atoms with van der Waals surface area (Å²) in [4.78, 5) is 6.35. The van der Waals surface area contributed by atoms with Crippen molar-refractivity contribution >= 4 is 6.21 Å². The molecule has 0 radical (unpaired) electrons. The van der Waals surface area contributed by atoms with Gasteiger partial charge in [0.05, 0.1) is 0 Å². The molecule has 0 aliphatic carbocycles. The van der Waals surface area contributed by atoms with Crippen molar-refractivity contribution in [2.45, 2.75) is 18.9 Å². The highest BCUT2D eigenvalue weighted by Crippen LogP contribution is 2.22. The molecule has 1 aromatic rings. The number of aliphatic imine (C=N–C) groups is 1. The van der Waals surface area contributed by atoms with Crippen LogP contribution in [0, 0.1) is 0 Å². The third-order valence-corrected chi connectivity index (χ3v) is 3.76. The van der Waals surface area contributed by atoms with E-state index in [1.807, 2.05) is 12.3 Å². The molecule has 1 saturated heterocycles. The van der Waals surface area contributed by atoms with E-state index in [4.69, 9.17) is 0 Å². The van der Waals surface area contributed by atoms with E-state index in [9.17, 15) is 0 Å². The van der Waals surface area contributed by atoms with Crippen molar-refractivity contribution in [1.29, 1.82) is 0 Å². The van der Waals surface area contributed by atoms with Crippen LogP contribution >= 0.6 is 0 Å². The first-order chi connectivity index (χ1) is 9.81. The fourth-order valence-electron chi connectivity index (χ4n) is 2.69. The minimum absolute atomic E-state index is 0.464. The number of likely N-dealkylation sites (N-methyl/N-ethyl adjacent to an activating group) is 1. The van der Waals surface area contributed by atoms with Crippen LogP contribution in [0.15, 0.2) is 41.4 Å². The Bertz CT molecular complexity index is 465. The molecule has 3 heteroatoms. The lowest BCUT2D eigenvalue weighted by Gasteiger charge is -2.32. The number of aryl methyl sites for hydroxylation is 1. The van der Waals surface area contributed by atoms with Crippen LogP contribution in [0.1, 0.15) is 23.6 Å². The average Bonchev–Trinajstić information content (AvgIpc) is 2.47. The van der Waals surface area contributed by atoms with Crippen molar-refractivity contribution in [3.63, 3.8) is 0 Å². The Labute approximate surface area is 122 Å². The minimum atomic E-state index is 0.464. The standard InChI is InChI=1S/C17H25N3/c1-18-11-7-3-4-8-15-9-5-6-10-16(15)17-14-20(2)13-12-19-17/h3,5-7,9-11,17,19H,4,8,12-14H2,1-2H3/b7-3-,18-11-. The molecule has 1 aromatic carbocycles. The van der Waals surface area contributed by atoms with E-state index >= 15 is 0 Å². The Balaban J connectivity index is 2.02. The lowest BCUT2D eigenvalue weighted by atomic mass is 9.95. The highest BCUT2D eigenvalue weighted by atomic mass is 15.2. The molecule has 1 aliphatic rings. The normalized spacial score (nSPS) is 21.0. The summed E-state index contributed by atoms with van der Waals surface area (Å²) in [6, 6.07) is 9.28. The van der Waals surface area contributed by atoms with Gasteiger partial charge in [-0.3, -0.25) is 4.99 Å². The van der Waals surface area contributed by atoms with E-state index in [0.29, 0.717) is 6.04 Å². The van der Waals surface area contributed by atoms with Gasteiger partial charge in [-0.2, -0.15) is 0 Å². The second kappa shape index (κ2) is 7.98. The number of piperazine rings is 1. The molecule has 0 saturated carbocycles. The van der Waals surface area contributed by atoms with E-state index in [1.54, 1.807) is 7.05 Å². The molecule has 0 spiro atoms. The predicted octanol–water partition coefficient (Wildman–Crippen LogP) is 2.45. The van der Waals surface area contributed by atoms with Gasteiger partial charge in [0.25, 0.3) is 0 Å². The van der Waals surface area contributed by atoms with Gasteiger partial charge in [0.2, 0.25) is 0 Å². The maximum absolute atomic E-state index is 3.95. The molecule has 1 unspecified atom stereocenters. The zero-order valence-electron chi connectivity index (χ0n) is 12.5. The topological polar surface area (TPSA) is 27.6 Å². The summed E-state index contributed by atoms with van der Waals surface area (Å²) in [6.07, 6.45) is 8.20. The first kappa shape index (κ1) is 14.9. The molecular weight excluding hydrogens is 246 g/mol. The fraction of sp³-hybridized carbons (Fsp3) is 0.471. The van der Waals surface area contributed by atoms with Crippen LogP contribution in [0.2, 0.25) is 0 Å². The number of nitrogens with zero attached hydrogens (tertiary/aromatic N) is 2.